The number of benzene rings is 2. The maximum absolute atomic E-state index is 12.0. The van der Waals surface area contributed by atoms with E-state index in [1.54, 1.807) is 24.3 Å². The lowest BCUT2D eigenvalue weighted by molar-refractivity contribution is -0.384. The third-order valence-corrected chi connectivity index (χ3v) is 4.12. The minimum atomic E-state index is -1.27. The number of aliphatic carboxylic acids is 1. The third-order valence-electron chi connectivity index (χ3n) is 4.12. The molecular formula is C19H16N2O4. The lowest BCUT2D eigenvalue weighted by Crippen LogP contribution is -2.45. The topological polar surface area (TPSA) is 92.5 Å². The van der Waals surface area contributed by atoms with Crippen LogP contribution < -0.4 is 5.32 Å². The number of nitrogens with zero attached hydrogens (tertiary/aromatic N) is 1. The van der Waals surface area contributed by atoms with Crippen LogP contribution in [0.5, 0.6) is 0 Å². The molecule has 0 radical (unpaired) electrons. The molecule has 1 aliphatic rings. The van der Waals surface area contributed by atoms with Gasteiger partial charge in [0.25, 0.3) is 5.69 Å². The lowest BCUT2D eigenvalue weighted by atomic mass is 9.83. The number of hydrogen-bond donors (Lipinski definition) is 2. The highest BCUT2D eigenvalue weighted by molar-refractivity contribution is 5.90. The van der Waals surface area contributed by atoms with Gasteiger partial charge in [-0.1, -0.05) is 30.4 Å². The summed E-state index contributed by atoms with van der Waals surface area (Å²) in [5.41, 5.74) is 0.994. The molecule has 0 bridgehead atoms. The van der Waals surface area contributed by atoms with E-state index in [-0.39, 0.29) is 12.1 Å². The first-order valence-corrected chi connectivity index (χ1v) is 7.70. The van der Waals surface area contributed by atoms with E-state index in [0.29, 0.717) is 5.69 Å². The first kappa shape index (κ1) is 16.4. The van der Waals surface area contributed by atoms with E-state index in [0.717, 1.165) is 11.1 Å². The fraction of sp³-hybridized carbons (Fsp3) is 0.105. The zero-order valence-electron chi connectivity index (χ0n) is 13.3. The van der Waals surface area contributed by atoms with E-state index in [1.165, 1.54) is 12.1 Å². The van der Waals surface area contributed by atoms with Crippen LogP contribution in [0.4, 0.5) is 11.4 Å². The zero-order chi connectivity index (χ0) is 17.9. The number of non-ortho nitro benzene ring substituents is 1. The van der Waals surface area contributed by atoms with Gasteiger partial charge < -0.3 is 10.4 Å². The van der Waals surface area contributed by atoms with Gasteiger partial charge in [0.05, 0.1) is 4.92 Å². The van der Waals surface area contributed by atoms with Gasteiger partial charge in [0, 0.05) is 24.2 Å². The van der Waals surface area contributed by atoms with Crippen LogP contribution in [0.3, 0.4) is 0 Å². The standard InChI is InChI=1S/C19H16N2O4/c22-18(23)19(20-16-6-2-1-3-7-16)12-4-5-15(13-19)14-8-10-17(11-9-14)21(24)25/h1-12,20H,13H2,(H,22,23). The molecule has 0 saturated heterocycles. The van der Waals surface area contributed by atoms with Crippen LogP contribution in [0.15, 0.2) is 72.8 Å². The van der Waals surface area contributed by atoms with Crippen molar-refractivity contribution in [3.8, 4) is 0 Å². The number of rotatable bonds is 5. The van der Waals surface area contributed by atoms with E-state index < -0.39 is 16.4 Å². The van der Waals surface area contributed by atoms with Gasteiger partial charge in [0.2, 0.25) is 0 Å². The van der Waals surface area contributed by atoms with E-state index in [2.05, 4.69) is 5.32 Å². The average Bonchev–Trinajstić information content (AvgIpc) is 2.63. The van der Waals surface area contributed by atoms with Gasteiger partial charge in [-0.3, -0.25) is 10.1 Å². The van der Waals surface area contributed by atoms with Crippen LogP contribution in [0.2, 0.25) is 0 Å². The predicted molar refractivity (Wildman–Crippen MR) is 95.3 cm³/mol. The van der Waals surface area contributed by atoms with E-state index in [1.807, 2.05) is 36.4 Å². The van der Waals surface area contributed by atoms with Gasteiger partial charge in [-0.2, -0.15) is 0 Å². The molecule has 6 nitrogen and oxygen atoms in total. The Hall–Kier alpha value is -3.41. The molecule has 0 fully saturated rings. The Kier molecular flexibility index (Phi) is 4.35. The number of carboxylic acid groups (broad SMARTS) is 1. The molecule has 1 atom stereocenters. The Labute approximate surface area is 144 Å². The van der Waals surface area contributed by atoms with Gasteiger partial charge in [-0.15, -0.1) is 0 Å². The quantitative estimate of drug-likeness (QED) is 0.638. The highest BCUT2D eigenvalue weighted by Crippen LogP contribution is 2.33. The third kappa shape index (κ3) is 3.42. The van der Waals surface area contributed by atoms with Crippen molar-refractivity contribution >= 4 is 22.9 Å². The number of nitrogens with one attached hydrogen (secondary N) is 1. The normalized spacial score (nSPS) is 19.1. The first-order valence-electron chi connectivity index (χ1n) is 7.70. The van der Waals surface area contributed by atoms with Crippen molar-refractivity contribution in [3.63, 3.8) is 0 Å². The maximum atomic E-state index is 12.0. The lowest BCUT2D eigenvalue weighted by Gasteiger charge is -2.31. The van der Waals surface area contributed by atoms with Gasteiger partial charge in [-0.25, -0.2) is 4.79 Å². The van der Waals surface area contributed by atoms with Crippen molar-refractivity contribution in [1.29, 1.82) is 0 Å². The zero-order valence-corrected chi connectivity index (χ0v) is 13.3. The summed E-state index contributed by atoms with van der Waals surface area (Å²) in [5, 5.41) is 23.7. The largest absolute Gasteiger partial charge is 0.479 e. The van der Waals surface area contributed by atoms with E-state index >= 15 is 0 Å². The summed E-state index contributed by atoms with van der Waals surface area (Å²) in [4.78, 5) is 22.3. The van der Waals surface area contributed by atoms with Gasteiger partial charge in [0.15, 0.2) is 5.54 Å². The fourth-order valence-corrected chi connectivity index (χ4v) is 2.81. The number of nitro benzene ring substituents is 1. The van der Waals surface area contributed by atoms with Crippen molar-refractivity contribution < 1.29 is 14.8 Å². The molecule has 126 valence electrons. The van der Waals surface area contributed by atoms with Crippen molar-refractivity contribution in [1.82, 2.24) is 0 Å². The molecule has 0 spiro atoms. The smallest absolute Gasteiger partial charge is 0.333 e. The summed E-state index contributed by atoms with van der Waals surface area (Å²) < 4.78 is 0. The predicted octanol–water partition coefficient (Wildman–Crippen LogP) is 3.87. The molecule has 0 amide bonds. The number of para-hydroxylation sites is 1. The summed E-state index contributed by atoms with van der Waals surface area (Å²) in [6.07, 6.45) is 5.38. The summed E-state index contributed by atoms with van der Waals surface area (Å²) in [5.74, 6) is -0.986. The molecule has 3 rings (SSSR count). The van der Waals surface area contributed by atoms with Gasteiger partial charge >= 0.3 is 5.97 Å². The van der Waals surface area contributed by atoms with Gasteiger partial charge in [0.1, 0.15) is 0 Å². The minimum absolute atomic E-state index is 0.00242. The van der Waals surface area contributed by atoms with E-state index in [4.69, 9.17) is 0 Å². The van der Waals surface area contributed by atoms with Crippen LogP contribution >= 0.6 is 0 Å². The fourth-order valence-electron chi connectivity index (χ4n) is 2.81. The number of carboxylic acids is 1. The summed E-state index contributed by atoms with van der Waals surface area (Å²) in [6.45, 7) is 0. The van der Waals surface area contributed by atoms with Crippen molar-refractivity contribution in [2.75, 3.05) is 5.32 Å². The number of nitro groups is 1. The average molecular weight is 336 g/mol. The molecule has 6 heteroatoms. The highest BCUT2D eigenvalue weighted by Gasteiger charge is 2.38. The molecule has 2 aromatic rings. The Morgan fingerprint density at radius 1 is 1.12 bits per heavy atom. The Morgan fingerprint density at radius 2 is 1.80 bits per heavy atom. The summed E-state index contributed by atoms with van der Waals surface area (Å²) in [7, 11) is 0. The monoisotopic (exact) mass is 336 g/mol. The molecule has 0 aromatic heterocycles. The van der Waals surface area contributed by atoms with Crippen LogP contribution in [0.1, 0.15) is 12.0 Å². The summed E-state index contributed by atoms with van der Waals surface area (Å²) >= 11 is 0. The van der Waals surface area contributed by atoms with Crippen molar-refractivity contribution in [2.45, 2.75) is 12.0 Å². The van der Waals surface area contributed by atoms with Crippen LogP contribution in [0, 0.1) is 10.1 Å². The molecule has 1 unspecified atom stereocenters. The molecule has 2 N–H and O–H groups in total. The molecular weight excluding hydrogens is 320 g/mol. The Balaban J connectivity index is 1.89. The molecule has 2 aromatic carbocycles. The molecule has 0 aliphatic heterocycles. The Morgan fingerprint density at radius 3 is 2.40 bits per heavy atom. The number of carbonyl (C=O) groups is 1. The van der Waals surface area contributed by atoms with Crippen LogP contribution in [-0.4, -0.2) is 21.5 Å². The van der Waals surface area contributed by atoms with Crippen LogP contribution in [0.25, 0.3) is 5.57 Å². The number of allylic oxidation sites excluding steroid dienone is 2. The number of anilines is 1. The SMILES string of the molecule is O=C(O)C1(Nc2ccccc2)C=CC=C(c2ccc([N+](=O)[O-])cc2)C1. The van der Waals surface area contributed by atoms with Crippen LogP contribution in [-0.2, 0) is 4.79 Å². The number of hydrogen-bond acceptors (Lipinski definition) is 4. The van der Waals surface area contributed by atoms with Gasteiger partial charge in [-0.05, 0) is 41.5 Å². The highest BCUT2D eigenvalue weighted by atomic mass is 16.6. The second-order valence-corrected chi connectivity index (χ2v) is 5.80. The summed E-state index contributed by atoms with van der Waals surface area (Å²) in [6, 6.07) is 15.2. The van der Waals surface area contributed by atoms with E-state index in [9.17, 15) is 20.0 Å². The first-order chi connectivity index (χ1) is 12.0. The molecule has 0 saturated carbocycles. The maximum Gasteiger partial charge on any atom is 0.333 e. The second-order valence-electron chi connectivity index (χ2n) is 5.80. The molecule has 1 aliphatic carbocycles. The molecule has 25 heavy (non-hydrogen) atoms. The van der Waals surface area contributed by atoms with Crippen molar-refractivity contribution in [3.05, 3.63) is 88.5 Å². The second kappa shape index (κ2) is 6.60. The van der Waals surface area contributed by atoms with Crippen molar-refractivity contribution in [2.24, 2.45) is 0 Å². The Bertz CT molecular complexity index is 857. The molecule has 0 heterocycles. The minimum Gasteiger partial charge on any atom is -0.479 e.